The van der Waals surface area contributed by atoms with Crippen molar-refractivity contribution >= 4 is 11.6 Å². The Morgan fingerprint density at radius 1 is 1.40 bits per heavy atom. The van der Waals surface area contributed by atoms with Gasteiger partial charge in [-0.1, -0.05) is 18.2 Å². The van der Waals surface area contributed by atoms with Gasteiger partial charge in [0.15, 0.2) is 0 Å². The number of nitrogens with zero attached hydrogens (tertiary/aromatic N) is 1. The van der Waals surface area contributed by atoms with Gasteiger partial charge in [-0.15, -0.1) is 0 Å². The van der Waals surface area contributed by atoms with Crippen LogP contribution < -0.4 is 16.4 Å². The Morgan fingerprint density at radius 2 is 2.00 bits per heavy atom. The lowest BCUT2D eigenvalue weighted by atomic mass is 10.2. The number of primary amides is 1. The molecule has 0 saturated carbocycles. The van der Waals surface area contributed by atoms with Gasteiger partial charge in [-0.3, -0.25) is 4.79 Å². The molecule has 0 heterocycles. The zero-order valence-electron chi connectivity index (χ0n) is 8.89. The highest BCUT2D eigenvalue weighted by atomic mass is 16.1. The number of anilines is 1. The zero-order valence-corrected chi connectivity index (χ0v) is 8.89. The van der Waals surface area contributed by atoms with Crippen molar-refractivity contribution in [2.75, 3.05) is 18.0 Å². The summed E-state index contributed by atoms with van der Waals surface area (Å²) in [7, 11) is 0. The Bertz CT molecular complexity index is 313. The van der Waals surface area contributed by atoms with E-state index in [1.807, 2.05) is 42.2 Å². The van der Waals surface area contributed by atoms with E-state index < -0.39 is 11.9 Å². The predicted molar refractivity (Wildman–Crippen MR) is 61.5 cm³/mol. The van der Waals surface area contributed by atoms with Gasteiger partial charge in [0.2, 0.25) is 5.91 Å². The monoisotopic (exact) mass is 207 g/mol. The molecule has 1 aromatic carbocycles. The van der Waals surface area contributed by atoms with Gasteiger partial charge >= 0.3 is 0 Å². The van der Waals surface area contributed by atoms with Crippen LogP contribution in [0.5, 0.6) is 0 Å². The molecule has 1 atom stereocenters. The lowest BCUT2D eigenvalue weighted by Crippen LogP contribution is -2.46. The van der Waals surface area contributed by atoms with Gasteiger partial charge in [0.1, 0.15) is 6.04 Å². The molecule has 0 bridgehead atoms. The van der Waals surface area contributed by atoms with Gasteiger partial charge < -0.3 is 16.4 Å². The summed E-state index contributed by atoms with van der Waals surface area (Å²) in [6.45, 7) is 3.27. The third-order valence-corrected chi connectivity index (χ3v) is 2.29. The molecule has 1 aromatic rings. The minimum Gasteiger partial charge on any atom is -0.370 e. The third kappa shape index (κ3) is 3.25. The largest absolute Gasteiger partial charge is 0.370 e. The molecule has 0 aliphatic carbocycles. The van der Waals surface area contributed by atoms with Crippen molar-refractivity contribution in [3.8, 4) is 0 Å². The molecule has 1 rings (SSSR count). The van der Waals surface area contributed by atoms with Crippen molar-refractivity contribution in [3.05, 3.63) is 30.3 Å². The fourth-order valence-electron chi connectivity index (χ4n) is 1.38. The standard InChI is InChI=1S/C11H17N3O/c1-2-14(8-10(12)11(13)15)9-6-4-3-5-7-9/h3-7,10H,2,8,12H2,1H3,(H2,13,15). The second kappa shape index (κ2) is 5.36. The first-order valence-electron chi connectivity index (χ1n) is 5.00. The van der Waals surface area contributed by atoms with Crippen molar-refractivity contribution < 1.29 is 4.79 Å². The van der Waals surface area contributed by atoms with E-state index in [1.54, 1.807) is 0 Å². The fourth-order valence-corrected chi connectivity index (χ4v) is 1.38. The first-order valence-corrected chi connectivity index (χ1v) is 5.00. The normalized spacial score (nSPS) is 12.1. The molecule has 0 aromatic heterocycles. The Kier molecular flexibility index (Phi) is 4.12. The molecule has 4 nitrogen and oxygen atoms in total. The summed E-state index contributed by atoms with van der Waals surface area (Å²) in [5.41, 5.74) is 11.8. The average molecular weight is 207 g/mol. The van der Waals surface area contributed by atoms with Gasteiger partial charge in [-0.05, 0) is 19.1 Å². The molecule has 4 heteroatoms. The maximum Gasteiger partial charge on any atom is 0.236 e. The summed E-state index contributed by atoms with van der Waals surface area (Å²) in [6, 6.07) is 9.20. The van der Waals surface area contributed by atoms with Gasteiger partial charge in [0.05, 0.1) is 0 Å². The molecular formula is C11H17N3O. The molecule has 0 radical (unpaired) electrons. The quantitative estimate of drug-likeness (QED) is 0.730. The number of nitrogens with two attached hydrogens (primary N) is 2. The van der Waals surface area contributed by atoms with Crippen LogP contribution >= 0.6 is 0 Å². The maximum absolute atomic E-state index is 10.9. The molecule has 0 spiro atoms. The van der Waals surface area contributed by atoms with Crippen LogP contribution in [0.1, 0.15) is 6.92 Å². The van der Waals surface area contributed by atoms with E-state index in [4.69, 9.17) is 11.5 Å². The van der Waals surface area contributed by atoms with Gasteiger partial charge in [0.25, 0.3) is 0 Å². The van der Waals surface area contributed by atoms with Crippen LogP contribution in [0.15, 0.2) is 30.3 Å². The van der Waals surface area contributed by atoms with Crippen molar-refractivity contribution in [2.45, 2.75) is 13.0 Å². The van der Waals surface area contributed by atoms with Crippen molar-refractivity contribution in [1.29, 1.82) is 0 Å². The minimum absolute atomic E-state index is 0.454. The Balaban J connectivity index is 2.69. The number of rotatable bonds is 5. The fraction of sp³-hybridized carbons (Fsp3) is 0.364. The SMILES string of the molecule is CCN(CC(N)C(N)=O)c1ccccc1. The number of hydrogen-bond donors (Lipinski definition) is 2. The number of carbonyl (C=O) groups is 1. The van der Waals surface area contributed by atoms with Crippen LogP contribution in [0.2, 0.25) is 0 Å². The van der Waals surface area contributed by atoms with Crippen molar-refractivity contribution in [2.24, 2.45) is 11.5 Å². The zero-order chi connectivity index (χ0) is 11.3. The van der Waals surface area contributed by atoms with Gasteiger partial charge in [0, 0.05) is 18.8 Å². The molecule has 0 aliphatic rings. The molecule has 1 amide bonds. The first kappa shape index (κ1) is 11.5. The number of hydrogen-bond acceptors (Lipinski definition) is 3. The Labute approximate surface area is 89.9 Å². The predicted octanol–water partition coefficient (Wildman–Crippen LogP) is 0.325. The molecule has 0 saturated heterocycles. The van der Waals surface area contributed by atoms with E-state index in [9.17, 15) is 4.79 Å². The highest BCUT2D eigenvalue weighted by Gasteiger charge is 2.13. The van der Waals surface area contributed by atoms with Crippen molar-refractivity contribution in [3.63, 3.8) is 0 Å². The van der Waals surface area contributed by atoms with E-state index in [1.165, 1.54) is 0 Å². The van der Waals surface area contributed by atoms with Crippen molar-refractivity contribution in [1.82, 2.24) is 0 Å². The van der Waals surface area contributed by atoms with E-state index in [-0.39, 0.29) is 0 Å². The smallest absolute Gasteiger partial charge is 0.236 e. The van der Waals surface area contributed by atoms with E-state index in [0.717, 1.165) is 12.2 Å². The minimum atomic E-state index is -0.620. The number of para-hydroxylation sites is 1. The Hall–Kier alpha value is -1.55. The topological polar surface area (TPSA) is 72.3 Å². The van der Waals surface area contributed by atoms with Crippen LogP contribution in [0.3, 0.4) is 0 Å². The molecule has 0 aliphatic heterocycles. The second-order valence-electron chi connectivity index (χ2n) is 3.38. The number of benzene rings is 1. The Morgan fingerprint density at radius 3 is 2.47 bits per heavy atom. The number of carbonyl (C=O) groups excluding carboxylic acids is 1. The molecule has 15 heavy (non-hydrogen) atoms. The molecule has 82 valence electrons. The van der Waals surface area contributed by atoms with E-state index in [2.05, 4.69) is 0 Å². The summed E-state index contributed by atoms with van der Waals surface area (Å²) in [6.07, 6.45) is 0. The molecule has 1 unspecified atom stereocenters. The first-order chi connectivity index (χ1) is 7.15. The number of likely N-dealkylation sites (N-methyl/N-ethyl adjacent to an activating group) is 1. The maximum atomic E-state index is 10.9. The molecular weight excluding hydrogens is 190 g/mol. The van der Waals surface area contributed by atoms with E-state index in [0.29, 0.717) is 6.54 Å². The lowest BCUT2D eigenvalue weighted by molar-refractivity contribution is -0.119. The van der Waals surface area contributed by atoms with Crippen LogP contribution in [0, 0.1) is 0 Å². The van der Waals surface area contributed by atoms with Crippen LogP contribution in [0.4, 0.5) is 5.69 Å². The molecule has 4 N–H and O–H groups in total. The van der Waals surface area contributed by atoms with E-state index >= 15 is 0 Å². The lowest BCUT2D eigenvalue weighted by Gasteiger charge is -2.25. The van der Waals surface area contributed by atoms with Gasteiger partial charge in [-0.2, -0.15) is 0 Å². The highest BCUT2D eigenvalue weighted by Crippen LogP contribution is 2.12. The summed E-state index contributed by atoms with van der Waals surface area (Å²) in [5.74, 6) is -0.468. The summed E-state index contributed by atoms with van der Waals surface area (Å²) in [4.78, 5) is 12.9. The average Bonchev–Trinajstić information content (AvgIpc) is 2.26. The third-order valence-electron chi connectivity index (χ3n) is 2.29. The summed E-state index contributed by atoms with van der Waals surface area (Å²) >= 11 is 0. The highest BCUT2D eigenvalue weighted by molar-refractivity contribution is 5.80. The summed E-state index contributed by atoms with van der Waals surface area (Å²) < 4.78 is 0. The second-order valence-corrected chi connectivity index (χ2v) is 3.38. The van der Waals surface area contributed by atoms with Crippen LogP contribution in [0.25, 0.3) is 0 Å². The molecule has 0 fully saturated rings. The number of amides is 1. The van der Waals surface area contributed by atoms with Crippen LogP contribution in [-0.2, 0) is 4.79 Å². The van der Waals surface area contributed by atoms with Gasteiger partial charge in [-0.25, -0.2) is 0 Å². The summed E-state index contributed by atoms with van der Waals surface area (Å²) in [5, 5.41) is 0. The van der Waals surface area contributed by atoms with Crippen LogP contribution in [-0.4, -0.2) is 25.0 Å².